The molecule has 2 unspecified atom stereocenters. The maximum Gasteiger partial charge on any atom is 0.339 e. The van der Waals surface area contributed by atoms with E-state index in [1.807, 2.05) is 0 Å². The van der Waals surface area contributed by atoms with E-state index in [9.17, 15) is 33.3 Å². The van der Waals surface area contributed by atoms with E-state index >= 15 is 0 Å². The first-order valence-electron chi connectivity index (χ1n) is 10.9. The molecule has 2 atom stereocenters. The molecule has 0 aliphatic carbocycles. The van der Waals surface area contributed by atoms with E-state index in [4.69, 9.17) is 0 Å². The number of nitrogens with zero attached hydrogens (tertiary/aromatic N) is 3. The summed E-state index contributed by atoms with van der Waals surface area (Å²) in [5.41, 5.74) is 0. The van der Waals surface area contributed by atoms with Gasteiger partial charge in [-0.05, 0) is 24.3 Å². The summed E-state index contributed by atoms with van der Waals surface area (Å²) in [5, 5.41) is 0.672. The summed E-state index contributed by atoms with van der Waals surface area (Å²) in [5.74, 6) is 0. The van der Waals surface area contributed by atoms with Crippen molar-refractivity contribution in [1.82, 2.24) is 14.7 Å². The molecule has 2 aromatic carbocycles. The predicted octanol–water partition coefficient (Wildman–Crippen LogP) is 1.15. The van der Waals surface area contributed by atoms with Gasteiger partial charge in [0.15, 0.2) is 0 Å². The minimum Gasteiger partial charge on any atom is -0.340 e. The highest BCUT2D eigenvalue weighted by molar-refractivity contribution is 7.66. The van der Waals surface area contributed by atoms with Gasteiger partial charge in [-0.25, -0.2) is 0 Å². The molecule has 0 aromatic heterocycles. The van der Waals surface area contributed by atoms with Crippen LogP contribution in [0.3, 0.4) is 0 Å². The lowest BCUT2D eigenvalue weighted by Crippen LogP contribution is -2.38. The highest BCUT2D eigenvalue weighted by Gasteiger charge is 2.30. The van der Waals surface area contributed by atoms with E-state index < -0.39 is 28.6 Å². The second kappa shape index (κ2) is 11.7. The van der Waals surface area contributed by atoms with Crippen LogP contribution in [0.15, 0.2) is 60.7 Å². The number of rotatable bonds is 8. The Kier molecular flexibility index (Phi) is 9.46. The van der Waals surface area contributed by atoms with E-state index in [2.05, 4.69) is 0 Å². The molecule has 0 spiro atoms. The van der Waals surface area contributed by atoms with Crippen LogP contribution < -0.4 is 10.6 Å². The summed E-state index contributed by atoms with van der Waals surface area (Å²) in [6.45, 7) is 2.00. The summed E-state index contributed by atoms with van der Waals surface area (Å²) in [4.78, 5) is 45.5. The van der Waals surface area contributed by atoms with Crippen LogP contribution in [0.1, 0.15) is 0 Å². The van der Waals surface area contributed by atoms with Crippen molar-refractivity contribution in [3.8, 4) is 0 Å². The molecule has 1 heterocycles. The van der Waals surface area contributed by atoms with Crippen molar-refractivity contribution in [2.75, 3.05) is 58.1 Å². The molecule has 4 N–H and O–H groups in total. The van der Waals surface area contributed by atoms with Gasteiger partial charge in [0.2, 0.25) is 14.7 Å². The van der Waals surface area contributed by atoms with Crippen molar-refractivity contribution in [3.63, 3.8) is 0 Å². The van der Waals surface area contributed by atoms with Crippen molar-refractivity contribution in [2.45, 2.75) is 0 Å². The summed E-state index contributed by atoms with van der Waals surface area (Å²) in [7, 11) is -11.7. The van der Waals surface area contributed by atoms with Crippen LogP contribution in [-0.4, -0.2) is 92.4 Å². The first kappa shape index (κ1) is 27.4. The maximum atomic E-state index is 13.1. The van der Waals surface area contributed by atoms with Crippen molar-refractivity contribution >= 4 is 32.9 Å². The molecule has 1 saturated heterocycles. The molecule has 1 aliphatic rings. The molecule has 13 heteroatoms. The molecule has 10 nitrogen and oxygen atoms in total. The molecule has 0 amide bonds. The number of benzene rings is 2. The Morgan fingerprint density at radius 2 is 0.824 bits per heavy atom. The molecule has 0 bridgehead atoms. The quantitative estimate of drug-likeness (QED) is 0.367. The zero-order valence-electron chi connectivity index (χ0n) is 18.8. The molecule has 2 aromatic rings. The Morgan fingerprint density at radius 1 is 0.529 bits per heavy atom. The predicted molar refractivity (Wildman–Crippen MR) is 133 cm³/mol. The third-order valence-corrected chi connectivity index (χ3v) is 10.2. The number of hydrogen-bond acceptors (Lipinski definition) is 6. The fourth-order valence-electron chi connectivity index (χ4n) is 3.90. The first-order chi connectivity index (χ1) is 15.9. The molecular weight excluding hydrogens is 499 g/mol. The molecule has 0 radical (unpaired) electrons. The van der Waals surface area contributed by atoms with E-state index in [0.717, 1.165) is 0 Å². The second-order valence-electron chi connectivity index (χ2n) is 8.52. The minimum atomic E-state index is -4.32. The van der Waals surface area contributed by atoms with Crippen LogP contribution in [0.5, 0.6) is 0 Å². The normalized spacial score (nSPS) is 21.1. The zero-order valence-corrected chi connectivity index (χ0v) is 21.5. The molecule has 1 aliphatic heterocycles. The van der Waals surface area contributed by atoms with Gasteiger partial charge in [0, 0.05) is 49.9 Å². The van der Waals surface area contributed by atoms with Gasteiger partial charge in [-0.15, -0.1) is 0 Å². The molecule has 188 valence electrons. The average Bonchev–Trinajstić information content (AvgIpc) is 2.86. The summed E-state index contributed by atoms with van der Waals surface area (Å²) in [6, 6.07) is 16.7. The van der Waals surface area contributed by atoms with Crippen molar-refractivity contribution < 1.29 is 33.3 Å². The Morgan fingerprint density at radius 3 is 1.12 bits per heavy atom. The zero-order chi connectivity index (χ0) is 24.8. The average molecular weight is 531 g/mol. The topological polar surface area (TPSA) is 142 Å². The van der Waals surface area contributed by atoms with Gasteiger partial charge in [0.05, 0.1) is 12.6 Å². The fourth-order valence-corrected chi connectivity index (χ4v) is 7.95. The van der Waals surface area contributed by atoms with Crippen LogP contribution >= 0.6 is 22.3 Å². The summed E-state index contributed by atoms with van der Waals surface area (Å²) < 4.78 is 37.7. The molecule has 3 rings (SSSR count). The van der Waals surface area contributed by atoms with Crippen LogP contribution in [0, 0.1) is 0 Å². The molecular formula is C21H32N3O7P3. The molecule has 34 heavy (non-hydrogen) atoms. The Hall–Kier alpha value is -1.15. The SMILES string of the molecule is O=P(O)(O)CN1CCN(CP(=O)(O)c2ccccc2)CCN(CP(=O)(O)c2ccccc2)CC1. The third kappa shape index (κ3) is 8.51. The van der Waals surface area contributed by atoms with E-state index in [1.54, 1.807) is 75.4 Å². The van der Waals surface area contributed by atoms with Crippen molar-refractivity contribution in [2.24, 2.45) is 0 Å². The van der Waals surface area contributed by atoms with E-state index in [1.165, 1.54) is 0 Å². The third-order valence-electron chi connectivity index (χ3n) is 5.68. The van der Waals surface area contributed by atoms with E-state index in [0.29, 0.717) is 49.9 Å². The van der Waals surface area contributed by atoms with Gasteiger partial charge < -0.3 is 19.6 Å². The van der Waals surface area contributed by atoms with E-state index in [-0.39, 0.29) is 12.6 Å². The monoisotopic (exact) mass is 531 g/mol. The van der Waals surface area contributed by atoms with Gasteiger partial charge in [0.25, 0.3) is 0 Å². The van der Waals surface area contributed by atoms with Gasteiger partial charge in [-0.2, -0.15) is 0 Å². The lowest BCUT2D eigenvalue weighted by molar-refractivity contribution is 0.236. The number of hydrogen-bond donors (Lipinski definition) is 4. The summed E-state index contributed by atoms with van der Waals surface area (Å²) in [6.07, 6.45) is -0.687. The van der Waals surface area contributed by atoms with Crippen LogP contribution in [0.2, 0.25) is 0 Å². The van der Waals surface area contributed by atoms with Gasteiger partial charge in [0.1, 0.15) is 6.29 Å². The summed E-state index contributed by atoms with van der Waals surface area (Å²) >= 11 is 0. The fraction of sp³-hybridized carbons (Fsp3) is 0.429. The molecule has 1 fully saturated rings. The Bertz CT molecular complexity index is 994. The van der Waals surface area contributed by atoms with Gasteiger partial charge in [-0.1, -0.05) is 36.4 Å². The molecule has 0 saturated carbocycles. The van der Waals surface area contributed by atoms with Crippen molar-refractivity contribution in [3.05, 3.63) is 60.7 Å². The highest BCUT2D eigenvalue weighted by Crippen LogP contribution is 2.41. The lowest BCUT2D eigenvalue weighted by Gasteiger charge is -2.28. The Labute approximate surface area is 199 Å². The van der Waals surface area contributed by atoms with Gasteiger partial charge >= 0.3 is 7.60 Å². The standard InChI is InChI=1S/C21H32N3O7P3/c25-32(26,20-7-3-1-4-8-20)17-22-11-12-23(14-16-24(15-13-22)19-34(29,30)31)18-33(27,28)21-9-5-2-6-10-21/h1-10H,11-19H2,(H,25,26)(H,27,28)(H2,29,30,31). The lowest BCUT2D eigenvalue weighted by atomic mass is 10.4. The van der Waals surface area contributed by atoms with Crippen molar-refractivity contribution in [1.29, 1.82) is 0 Å². The first-order valence-corrected chi connectivity index (χ1v) is 16.4. The van der Waals surface area contributed by atoms with Crippen LogP contribution in [-0.2, 0) is 13.7 Å². The Balaban J connectivity index is 1.77. The highest BCUT2D eigenvalue weighted by atomic mass is 31.2. The van der Waals surface area contributed by atoms with Crippen LogP contribution in [0.25, 0.3) is 0 Å². The maximum absolute atomic E-state index is 13.1. The van der Waals surface area contributed by atoms with Crippen LogP contribution in [0.4, 0.5) is 0 Å². The smallest absolute Gasteiger partial charge is 0.339 e. The second-order valence-corrected chi connectivity index (χ2v) is 14.5. The largest absolute Gasteiger partial charge is 0.340 e. The van der Waals surface area contributed by atoms with Gasteiger partial charge in [-0.3, -0.25) is 28.4 Å². The minimum absolute atomic E-state index is 0.121.